The summed E-state index contributed by atoms with van der Waals surface area (Å²) in [7, 11) is 2.10. The van der Waals surface area contributed by atoms with Gasteiger partial charge >= 0.3 is 0 Å². The number of nitrogens with zero attached hydrogens (tertiary/aromatic N) is 1. The predicted octanol–water partition coefficient (Wildman–Crippen LogP) is 2.12. The Balaban J connectivity index is 2.43. The van der Waals surface area contributed by atoms with E-state index in [4.69, 9.17) is 0 Å². The smallest absolute Gasteiger partial charge is 0.126 e. The highest BCUT2D eigenvalue weighted by Gasteiger charge is 2.14. The molecule has 0 bridgehead atoms. The Kier molecular flexibility index (Phi) is 2.08. The molecule has 0 saturated heterocycles. The van der Waals surface area contributed by atoms with Crippen LogP contribution in [0.25, 0.3) is 0 Å². The lowest BCUT2D eigenvalue weighted by atomic mass is 9.98. The maximum absolute atomic E-state index is 13.2. The number of benzene rings is 1. The van der Waals surface area contributed by atoms with Gasteiger partial charge in [-0.1, -0.05) is 6.07 Å². The topological polar surface area (TPSA) is 3.24 Å². The van der Waals surface area contributed by atoms with Crippen molar-refractivity contribution in [3.63, 3.8) is 0 Å². The third-order valence-corrected chi connectivity index (χ3v) is 2.68. The Bertz CT molecular complexity index is 333. The van der Waals surface area contributed by atoms with Crippen molar-refractivity contribution in [3.8, 4) is 0 Å². The van der Waals surface area contributed by atoms with Gasteiger partial charge in [0, 0.05) is 13.1 Å². The molecule has 1 aromatic carbocycles. The van der Waals surface area contributed by atoms with E-state index in [1.165, 1.54) is 11.1 Å². The van der Waals surface area contributed by atoms with Gasteiger partial charge in [-0.05, 0) is 43.1 Å². The van der Waals surface area contributed by atoms with Gasteiger partial charge in [0.2, 0.25) is 0 Å². The highest BCUT2D eigenvalue weighted by molar-refractivity contribution is 5.34. The van der Waals surface area contributed by atoms with Crippen LogP contribution in [0, 0.1) is 12.7 Å². The molecule has 1 aromatic rings. The van der Waals surface area contributed by atoms with E-state index in [1.54, 1.807) is 6.07 Å². The fourth-order valence-electron chi connectivity index (χ4n) is 1.84. The third kappa shape index (κ3) is 1.59. The quantitative estimate of drug-likeness (QED) is 0.589. The number of likely N-dealkylation sites (N-methyl/N-ethyl adjacent to an activating group) is 1. The van der Waals surface area contributed by atoms with Crippen LogP contribution in [0.2, 0.25) is 0 Å². The Morgan fingerprint density at radius 2 is 2.08 bits per heavy atom. The van der Waals surface area contributed by atoms with Crippen molar-refractivity contribution in [1.82, 2.24) is 4.90 Å². The van der Waals surface area contributed by atoms with Crippen LogP contribution in [0.4, 0.5) is 4.39 Å². The first-order chi connectivity index (χ1) is 6.16. The normalized spacial score (nSPS) is 17.2. The number of halogens is 1. The van der Waals surface area contributed by atoms with Crippen LogP contribution in [0.1, 0.15) is 16.7 Å². The second kappa shape index (κ2) is 3.11. The van der Waals surface area contributed by atoms with Crippen LogP contribution in [0.3, 0.4) is 0 Å². The minimum Gasteiger partial charge on any atom is -0.302 e. The summed E-state index contributed by atoms with van der Waals surface area (Å²) >= 11 is 0. The zero-order valence-electron chi connectivity index (χ0n) is 8.10. The Hall–Kier alpha value is -0.890. The fourth-order valence-corrected chi connectivity index (χ4v) is 1.84. The highest BCUT2D eigenvalue weighted by atomic mass is 19.1. The van der Waals surface area contributed by atoms with Crippen LogP contribution in [0.15, 0.2) is 12.1 Å². The first-order valence-electron chi connectivity index (χ1n) is 4.63. The summed E-state index contributed by atoms with van der Waals surface area (Å²) in [5, 5.41) is 0. The molecule has 13 heavy (non-hydrogen) atoms. The van der Waals surface area contributed by atoms with Crippen molar-refractivity contribution in [3.05, 3.63) is 34.6 Å². The molecule has 0 spiro atoms. The van der Waals surface area contributed by atoms with E-state index in [9.17, 15) is 4.39 Å². The number of rotatable bonds is 0. The number of hydrogen-bond donors (Lipinski definition) is 0. The van der Waals surface area contributed by atoms with Crippen LogP contribution in [0.5, 0.6) is 0 Å². The highest BCUT2D eigenvalue weighted by Crippen LogP contribution is 2.21. The maximum Gasteiger partial charge on any atom is 0.126 e. The molecule has 0 aromatic heterocycles. The second-order valence-electron chi connectivity index (χ2n) is 3.86. The largest absolute Gasteiger partial charge is 0.302 e. The lowest BCUT2D eigenvalue weighted by Crippen LogP contribution is -2.26. The van der Waals surface area contributed by atoms with Crippen molar-refractivity contribution in [2.45, 2.75) is 19.9 Å². The summed E-state index contributed by atoms with van der Waals surface area (Å²) in [5.74, 6) is -0.0664. The molecule has 0 saturated carbocycles. The third-order valence-electron chi connectivity index (χ3n) is 2.68. The first kappa shape index (κ1) is 8.70. The molecule has 2 rings (SSSR count). The van der Waals surface area contributed by atoms with E-state index in [1.807, 2.05) is 13.0 Å². The van der Waals surface area contributed by atoms with Crippen LogP contribution >= 0.6 is 0 Å². The lowest BCUT2D eigenvalue weighted by molar-refractivity contribution is 0.312. The molecule has 1 heterocycles. The molecule has 70 valence electrons. The molecule has 1 nitrogen and oxygen atoms in total. The van der Waals surface area contributed by atoms with E-state index in [-0.39, 0.29) is 5.82 Å². The fraction of sp³-hybridized carbons (Fsp3) is 0.455. The van der Waals surface area contributed by atoms with E-state index < -0.39 is 0 Å². The van der Waals surface area contributed by atoms with Crippen LogP contribution in [-0.4, -0.2) is 18.5 Å². The maximum atomic E-state index is 13.2. The summed E-state index contributed by atoms with van der Waals surface area (Å²) in [6.45, 7) is 3.82. The molecule has 0 N–H and O–H groups in total. The monoisotopic (exact) mass is 179 g/mol. The molecule has 1 aliphatic heterocycles. The van der Waals surface area contributed by atoms with Gasteiger partial charge < -0.3 is 4.90 Å². The molecule has 1 aliphatic rings. The molecule has 0 aliphatic carbocycles. The van der Waals surface area contributed by atoms with Crippen LogP contribution < -0.4 is 0 Å². The minimum atomic E-state index is -0.0664. The summed E-state index contributed by atoms with van der Waals surface area (Å²) < 4.78 is 13.2. The first-order valence-corrected chi connectivity index (χ1v) is 4.63. The summed E-state index contributed by atoms with van der Waals surface area (Å²) in [4.78, 5) is 2.26. The molecular weight excluding hydrogens is 165 g/mol. The van der Waals surface area contributed by atoms with Gasteiger partial charge in [0.15, 0.2) is 0 Å². The SMILES string of the molecule is Cc1cc2c(cc1F)CCN(C)C2. The molecule has 0 unspecified atom stereocenters. The second-order valence-corrected chi connectivity index (χ2v) is 3.86. The van der Waals surface area contributed by atoms with Gasteiger partial charge in [-0.25, -0.2) is 4.39 Å². The van der Waals surface area contributed by atoms with Gasteiger partial charge in [0.05, 0.1) is 0 Å². The minimum absolute atomic E-state index is 0.0664. The molecular formula is C11H14FN. The zero-order chi connectivity index (χ0) is 9.42. The molecule has 0 atom stereocenters. The van der Waals surface area contributed by atoms with Gasteiger partial charge in [-0.3, -0.25) is 0 Å². The van der Waals surface area contributed by atoms with Crippen molar-refractivity contribution in [2.75, 3.05) is 13.6 Å². The van der Waals surface area contributed by atoms with Crippen molar-refractivity contribution in [1.29, 1.82) is 0 Å². The molecule has 2 heteroatoms. The summed E-state index contributed by atoms with van der Waals surface area (Å²) in [6.07, 6.45) is 0.975. The standard InChI is InChI=1S/C11H14FN/c1-8-5-10-7-13(2)4-3-9(10)6-11(8)12/h5-6H,3-4,7H2,1-2H3. The molecule has 0 amide bonds. The number of hydrogen-bond acceptors (Lipinski definition) is 1. The lowest BCUT2D eigenvalue weighted by Gasteiger charge is -2.25. The molecule has 0 fully saturated rings. The molecule has 0 radical (unpaired) electrons. The van der Waals surface area contributed by atoms with E-state index in [0.717, 1.165) is 25.1 Å². The van der Waals surface area contributed by atoms with E-state index in [2.05, 4.69) is 11.9 Å². The van der Waals surface area contributed by atoms with Gasteiger partial charge in [0.25, 0.3) is 0 Å². The Morgan fingerprint density at radius 3 is 2.85 bits per heavy atom. The van der Waals surface area contributed by atoms with Crippen molar-refractivity contribution in [2.24, 2.45) is 0 Å². The summed E-state index contributed by atoms with van der Waals surface area (Å²) in [6, 6.07) is 3.66. The Labute approximate surface area is 78.2 Å². The van der Waals surface area contributed by atoms with Gasteiger partial charge in [-0.2, -0.15) is 0 Å². The van der Waals surface area contributed by atoms with E-state index >= 15 is 0 Å². The van der Waals surface area contributed by atoms with Crippen molar-refractivity contribution < 1.29 is 4.39 Å². The van der Waals surface area contributed by atoms with E-state index in [0.29, 0.717) is 0 Å². The number of fused-ring (bicyclic) bond motifs is 1. The average Bonchev–Trinajstić information content (AvgIpc) is 2.08. The summed E-state index contributed by atoms with van der Waals surface area (Å²) in [5.41, 5.74) is 3.22. The zero-order valence-corrected chi connectivity index (χ0v) is 8.10. The predicted molar refractivity (Wildman–Crippen MR) is 51.2 cm³/mol. The number of aryl methyl sites for hydroxylation is 1. The van der Waals surface area contributed by atoms with Gasteiger partial charge in [0.1, 0.15) is 5.82 Å². The van der Waals surface area contributed by atoms with Crippen LogP contribution in [-0.2, 0) is 13.0 Å². The van der Waals surface area contributed by atoms with Gasteiger partial charge in [-0.15, -0.1) is 0 Å². The average molecular weight is 179 g/mol. The Morgan fingerprint density at radius 1 is 1.31 bits per heavy atom. The van der Waals surface area contributed by atoms with Crippen molar-refractivity contribution >= 4 is 0 Å².